The molecule has 2 heterocycles. The smallest absolute Gasteiger partial charge is 0.410 e. The molecule has 174 valence electrons. The number of hydrogen-bond acceptors (Lipinski definition) is 6. The van der Waals surface area contributed by atoms with Gasteiger partial charge in [0.25, 0.3) is 5.91 Å². The quantitative estimate of drug-likeness (QED) is 0.715. The van der Waals surface area contributed by atoms with Crippen molar-refractivity contribution in [3.63, 3.8) is 0 Å². The molecule has 0 spiro atoms. The van der Waals surface area contributed by atoms with Gasteiger partial charge in [0.2, 0.25) is 0 Å². The minimum atomic E-state index is -0.894. The maximum absolute atomic E-state index is 13.4. The lowest BCUT2D eigenvalue weighted by Crippen LogP contribution is -2.57. The summed E-state index contributed by atoms with van der Waals surface area (Å²) in [5.41, 5.74) is -0.794. The SMILES string of the molecule is CN1CCC(C#N)(NC(=O)[C@H](CC2CCCCC2(C)C)OC(=O)N2CCOCC2)CC1. The van der Waals surface area contributed by atoms with Crippen LogP contribution in [0, 0.1) is 22.7 Å². The summed E-state index contributed by atoms with van der Waals surface area (Å²) in [6.45, 7) is 7.88. The Morgan fingerprint density at radius 3 is 2.45 bits per heavy atom. The first-order valence-corrected chi connectivity index (χ1v) is 11.7. The molecule has 2 atom stereocenters. The van der Waals surface area contributed by atoms with E-state index >= 15 is 0 Å². The van der Waals surface area contributed by atoms with Crippen molar-refractivity contribution in [2.24, 2.45) is 11.3 Å². The van der Waals surface area contributed by atoms with Crippen molar-refractivity contribution in [1.29, 1.82) is 5.26 Å². The van der Waals surface area contributed by atoms with Crippen LogP contribution in [0.3, 0.4) is 0 Å². The summed E-state index contributed by atoms with van der Waals surface area (Å²) in [5, 5.41) is 12.8. The maximum Gasteiger partial charge on any atom is 0.410 e. The van der Waals surface area contributed by atoms with Crippen LogP contribution in [0.1, 0.15) is 58.8 Å². The highest BCUT2D eigenvalue weighted by atomic mass is 16.6. The van der Waals surface area contributed by atoms with Gasteiger partial charge in [0.15, 0.2) is 6.10 Å². The summed E-state index contributed by atoms with van der Waals surface area (Å²) in [5.74, 6) is -0.0425. The fourth-order valence-corrected chi connectivity index (χ4v) is 4.99. The first-order valence-electron chi connectivity index (χ1n) is 11.7. The first-order chi connectivity index (χ1) is 14.7. The molecule has 0 aromatic heterocycles. The van der Waals surface area contributed by atoms with Crippen LogP contribution in [0.2, 0.25) is 0 Å². The second-order valence-electron chi connectivity index (χ2n) is 10.1. The standard InChI is InChI=1S/C23H38N4O4/c1-22(2)7-5-4-6-18(22)16-19(31-21(29)27-12-14-30-15-13-27)20(28)25-23(17-24)8-10-26(3)11-9-23/h18-19H,4-16H2,1-3H3,(H,25,28)/t18?,19-/m0/s1. The summed E-state index contributed by atoms with van der Waals surface area (Å²) < 4.78 is 11.1. The molecule has 3 fully saturated rings. The Hall–Kier alpha value is -1.85. The predicted molar refractivity (Wildman–Crippen MR) is 116 cm³/mol. The highest BCUT2D eigenvalue weighted by molar-refractivity contribution is 5.84. The van der Waals surface area contributed by atoms with Crippen molar-refractivity contribution in [2.45, 2.75) is 70.4 Å². The van der Waals surface area contributed by atoms with E-state index in [4.69, 9.17) is 9.47 Å². The normalized spacial score (nSPS) is 27.0. The second-order valence-corrected chi connectivity index (χ2v) is 10.1. The van der Waals surface area contributed by atoms with Gasteiger partial charge in [-0.05, 0) is 50.5 Å². The van der Waals surface area contributed by atoms with E-state index in [-0.39, 0.29) is 11.3 Å². The number of amides is 2. The number of morpholine rings is 1. The third kappa shape index (κ3) is 6.11. The van der Waals surface area contributed by atoms with Gasteiger partial charge in [-0.1, -0.05) is 26.7 Å². The maximum atomic E-state index is 13.4. The summed E-state index contributed by atoms with van der Waals surface area (Å²) in [6.07, 6.45) is 4.76. The van der Waals surface area contributed by atoms with Crippen LogP contribution >= 0.6 is 0 Å². The van der Waals surface area contributed by atoms with Gasteiger partial charge in [-0.2, -0.15) is 5.26 Å². The Morgan fingerprint density at radius 2 is 1.84 bits per heavy atom. The van der Waals surface area contributed by atoms with Crippen LogP contribution in [0.15, 0.2) is 0 Å². The van der Waals surface area contributed by atoms with E-state index in [0.717, 1.165) is 32.4 Å². The van der Waals surface area contributed by atoms with E-state index in [2.05, 4.69) is 30.1 Å². The number of likely N-dealkylation sites (tertiary alicyclic amines) is 1. The minimum absolute atomic E-state index is 0.0998. The lowest BCUT2D eigenvalue weighted by molar-refractivity contribution is -0.134. The molecule has 2 aliphatic heterocycles. The third-order valence-electron chi connectivity index (χ3n) is 7.45. The van der Waals surface area contributed by atoms with Gasteiger partial charge in [-0.25, -0.2) is 4.79 Å². The molecule has 0 aromatic carbocycles. The molecule has 0 bridgehead atoms. The molecule has 2 amide bonds. The zero-order valence-corrected chi connectivity index (χ0v) is 19.3. The fourth-order valence-electron chi connectivity index (χ4n) is 4.99. The Labute approximate surface area is 186 Å². The van der Waals surface area contributed by atoms with Crippen LogP contribution in [-0.4, -0.2) is 79.9 Å². The Morgan fingerprint density at radius 1 is 1.16 bits per heavy atom. The molecule has 8 nitrogen and oxygen atoms in total. The van der Waals surface area contributed by atoms with Crippen LogP contribution in [0.25, 0.3) is 0 Å². The molecule has 0 radical (unpaired) electrons. The molecule has 8 heteroatoms. The van der Waals surface area contributed by atoms with Gasteiger partial charge in [-0.15, -0.1) is 0 Å². The number of nitrogens with one attached hydrogen (secondary N) is 1. The largest absolute Gasteiger partial charge is 0.436 e. The fraction of sp³-hybridized carbons (Fsp3) is 0.870. The van der Waals surface area contributed by atoms with E-state index in [1.807, 2.05) is 7.05 Å². The highest BCUT2D eigenvalue weighted by Crippen LogP contribution is 2.43. The highest BCUT2D eigenvalue weighted by Gasteiger charge is 2.41. The molecule has 1 saturated carbocycles. The molecule has 31 heavy (non-hydrogen) atoms. The van der Waals surface area contributed by atoms with Crippen LogP contribution in [0.4, 0.5) is 4.79 Å². The predicted octanol–water partition coefficient (Wildman–Crippen LogP) is 2.53. The van der Waals surface area contributed by atoms with Gasteiger partial charge in [0, 0.05) is 26.2 Å². The summed E-state index contributed by atoms with van der Waals surface area (Å²) in [6, 6.07) is 2.33. The summed E-state index contributed by atoms with van der Waals surface area (Å²) in [7, 11) is 2.02. The van der Waals surface area contributed by atoms with Crippen LogP contribution in [-0.2, 0) is 14.3 Å². The summed E-state index contributed by atoms with van der Waals surface area (Å²) >= 11 is 0. The average molecular weight is 435 g/mol. The molecular formula is C23H38N4O4. The molecule has 2 saturated heterocycles. The van der Waals surface area contributed by atoms with Gasteiger partial charge < -0.3 is 24.6 Å². The third-order valence-corrected chi connectivity index (χ3v) is 7.45. The number of carbonyl (C=O) groups excluding carboxylic acids is 2. The molecule has 0 aromatic rings. The molecule has 3 rings (SSSR count). The van der Waals surface area contributed by atoms with E-state index in [9.17, 15) is 14.9 Å². The Kier molecular flexibility index (Phi) is 7.82. The molecule has 3 aliphatic rings. The van der Waals surface area contributed by atoms with Gasteiger partial charge in [0.1, 0.15) is 5.54 Å². The number of carbonyl (C=O) groups is 2. The van der Waals surface area contributed by atoms with Gasteiger partial charge in [-0.3, -0.25) is 4.79 Å². The van der Waals surface area contributed by atoms with E-state index in [1.165, 1.54) is 6.42 Å². The number of rotatable bonds is 5. The molecule has 1 aliphatic carbocycles. The van der Waals surface area contributed by atoms with Gasteiger partial charge >= 0.3 is 6.09 Å². The zero-order chi connectivity index (χ0) is 22.5. The minimum Gasteiger partial charge on any atom is -0.436 e. The van der Waals surface area contributed by atoms with Crippen molar-refractivity contribution in [3.8, 4) is 6.07 Å². The van der Waals surface area contributed by atoms with Crippen molar-refractivity contribution < 1.29 is 19.1 Å². The van der Waals surface area contributed by atoms with Crippen LogP contribution in [0.5, 0.6) is 0 Å². The average Bonchev–Trinajstić information content (AvgIpc) is 2.76. The second kappa shape index (κ2) is 10.2. The molecule has 1 N–H and O–H groups in total. The molecule has 1 unspecified atom stereocenters. The van der Waals surface area contributed by atoms with Gasteiger partial charge in [0.05, 0.1) is 19.3 Å². The Balaban J connectivity index is 1.72. The van der Waals surface area contributed by atoms with E-state index in [1.54, 1.807) is 4.90 Å². The Bertz CT molecular complexity index is 676. The van der Waals surface area contributed by atoms with E-state index < -0.39 is 17.7 Å². The topological polar surface area (TPSA) is 94.9 Å². The number of piperidine rings is 1. The van der Waals surface area contributed by atoms with Crippen molar-refractivity contribution >= 4 is 12.0 Å². The number of hydrogen-bond donors (Lipinski definition) is 1. The van der Waals surface area contributed by atoms with Crippen molar-refractivity contribution in [3.05, 3.63) is 0 Å². The summed E-state index contributed by atoms with van der Waals surface area (Å²) in [4.78, 5) is 29.9. The molecular weight excluding hydrogens is 396 g/mol. The number of ether oxygens (including phenoxy) is 2. The van der Waals surface area contributed by atoms with Crippen molar-refractivity contribution in [2.75, 3.05) is 46.4 Å². The van der Waals surface area contributed by atoms with Crippen LogP contribution < -0.4 is 5.32 Å². The van der Waals surface area contributed by atoms with E-state index in [0.29, 0.717) is 51.5 Å². The lowest BCUT2D eigenvalue weighted by Gasteiger charge is -2.41. The van der Waals surface area contributed by atoms with Crippen molar-refractivity contribution in [1.82, 2.24) is 15.1 Å². The lowest BCUT2D eigenvalue weighted by atomic mass is 9.67. The monoisotopic (exact) mass is 434 g/mol. The first kappa shape index (κ1) is 23.8. The number of nitriles is 1. The zero-order valence-electron chi connectivity index (χ0n) is 19.3. The number of nitrogens with zero attached hydrogens (tertiary/aromatic N) is 3.